The fraction of sp³-hybridized carbons (Fsp3) is 0.400. The lowest BCUT2D eigenvalue weighted by Gasteiger charge is -2.08. The highest BCUT2D eigenvalue weighted by atomic mass is 79.9. The molecule has 0 N–H and O–H groups in total. The Morgan fingerprint density at radius 2 is 2.08 bits per heavy atom. The first-order valence-electron chi connectivity index (χ1n) is 4.13. The molecule has 0 aliphatic heterocycles. The number of benzene rings is 1. The molecule has 0 heterocycles. The third kappa shape index (κ3) is 3.07. The molecule has 0 amide bonds. The van der Waals surface area contributed by atoms with Crippen molar-refractivity contribution in [1.29, 1.82) is 0 Å². The SMILES string of the molecule is CC(CBr)Cc1cc(F)ccc1F. The van der Waals surface area contributed by atoms with Crippen molar-refractivity contribution >= 4 is 15.9 Å². The molecule has 1 aromatic rings. The molecule has 72 valence electrons. The summed E-state index contributed by atoms with van der Waals surface area (Å²) in [5, 5.41) is 0.795. The lowest BCUT2D eigenvalue weighted by Crippen LogP contribution is -2.03. The van der Waals surface area contributed by atoms with E-state index < -0.39 is 0 Å². The largest absolute Gasteiger partial charge is 0.207 e. The van der Waals surface area contributed by atoms with Crippen LogP contribution in [0.15, 0.2) is 18.2 Å². The zero-order valence-electron chi connectivity index (χ0n) is 7.36. The quantitative estimate of drug-likeness (QED) is 0.719. The minimum absolute atomic E-state index is 0.316. The van der Waals surface area contributed by atoms with Crippen LogP contribution in [-0.4, -0.2) is 5.33 Å². The van der Waals surface area contributed by atoms with Crippen molar-refractivity contribution in [2.24, 2.45) is 5.92 Å². The zero-order valence-corrected chi connectivity index (χ0v) is 8.94. The second-order valence-electron chi connectivity index (χ2n) is 3.20. The van der Waals surface area contributed by atoms with Crippen LogP contribution in [-0.2, 0) is 6.42 Å². The Bertz CT molecular complexity index is 286. The van der Waals surface area contributed by atoms with Crippen molar-refractivity contribution in [2.75, 3.05) is 5.33 Å². The summed E-state index contributed by atoms with van der Waals surface area (Å²) in [7, 11) is 0. The highest BCUT2D eigenvalue weighted by Gasteiger charge is 2.07. The van der Waals surface area contributed by atoms with E-state index in [1.807, 2.05) is 6.92 Å². The second-order valence-corrected chi connectivity index (χ2v) is 3.85. The minimum atomic E-state index is -0.377. The third-order valence-electron chi connectivity index (χ3n) is 1.84. The number of hydrogen-bond donors (Lipinski definition) is 0. The summed E-state index contributed by atoms with van der Waals surface area (Å²) >= 11 is 3.30. The van der Waals surface area contributed by atoms with E-state index >= 15 is 0 Å². The van der Waals surface area contributed by atoms with Crippen LogP contribution in [0.25, 0.3) is 0 Å². The van der Waals surface area contributed by atoms with Gasteiger partial charge < -0.3 is 0 Å². The summed E-state index contributed by atoms with van der Waals surface area (Å²) < 4.78 is 25.8. The zero-order chi connectivity index (χ0) is 9.84. The van der Waals surface area contributed by atoms with Crippen LogP contribution in [0.1, 0.15) is 12.5 Å². The molecule has 13 heavy (non-hydrogen) atoms. The van der Waals surface area contributed by atoms with Gasteiger partial charge in [0.2, 0.25) is 0 Å². The lowest BCUT2D eigenvalue weighted by atomic mass is 10.0. The Morgan fingerprint density at radius 1 is 1.38 bits per heavy atom. The average Bonchev–Trinajstić information content (AvgIpc) is 2.11. The summed E-state index contributed by atoms with van der Waals surface area (Å²) in [6, 6.07) is 3.57. The van der Waals surface area contributed by atoms with Crippen molar-refractivity contribution in [1.82, 2.24) is 0 Å². The van der Waals surface area contributed by atoms with E-state index in [0.29, 0.717) is 17.9 Å². The van der Waals surface area contributed by atoms with E-state index in [-0.39, 0.29) is 11.6 Å². The first kappa shape index (κ1) is 10.6. The predicted molar refractivity (Wildman–Crippen MR) is 53.0 cm³/mol. The Labute approximate surface area is 85.1 Å². The summed E-state index contributed by atoms with van der Waals surface area (Å²) in [4.78, 5) is 0. The van der Waals surface area contributed by atoms with Crippen LogP contribution in [0.5, 0.6) is 0 Å². The van der Waals surface area contributed by atoms with Gasteiger partial charge in [0.05, 0.1) is 0 Å². The van der Waals surface area contributed by atoms with Crippen LogP contribution in [0.2, 0.25) is 0 Å². The van der Waals surface area contributed by atoms with Crippen LogP contribution in [0.4, 0.5) is 8.78 Å². The van der Waals surface area contributed by atoms with Crippen LogP contribution in [0, 0.1) is 17.6 Å². The molecule has 1 rings (SSSR count). The molecule has 0 radical (unpaired) electrons. The summed E-state index contributed by atoms with van der Waals surface area (Å²) in [5.74, 6) is -0.385. The van der Waals surface area contributed by atoms with Gasteiger partial charge in [-0.1, -0.05) is 22.9 Å². The van der Waals surface area contributed by atoms with E-state index in [2.05, 4.69) is 15.9 Å². The third-order valence-corrected chi connectivity index (χ3v) is 2.94. The predicted octanol–water partition coefficient (Wildman–Crippen LogP) is 3.54. The van der Waals surface area contributed by atoms with Gasteiger partial charge in [-0.25, -0.2) is 8.78 Å². The molecular weight excluding hydrogens is 238 g/mol. The van der Waals surface area contributed by atoms with Gasteiger partial charge in [0.15, 0.2) is 0 Å². The fourth-order valence-corrected chi connectivity index (χ4v) is 1.36. The smallest absolute Gasteiger partial charge is 0.126 e. The van der Waals surface area contributed by atoms with E-state index in [0.717, 1.165) is 11.4 Å². The normalized spacial score (nSPS) is 12.9. The Balaban J connectivity index is 2.81. The molecule has 0 aliphatic rings. The molecule has 0 aromatic heterocycles. The van der Waals surface area contributed by atoms with Gasteiger partial charge in [0.1, 0.15) is 11.6 Å². The lowest BCUT2D eigenvalue weighted by molar-refractivity contribution is 0.562. The number of rotatable bonds is 3. The number of hydrogen-bond acceptors (Lipinski definition) is 0. The Kier molecular flexibility index (Phi) is 3.85. The molecule has 0 spiro atoms. The van der Waals surface area contributed by atoms with Crippen molar-refractivity contribution < 1.29 is 8.78 Å². The maximum absolute atomic E-state index is 13.1. The van der Waals surface area contributed by atoms with Crippen molar-refractivity contribution in [3.8, 4) is 0 Å². The second kappa shape index (κ2) is 4.70. The standard InChI is InChI=1S/C10H11BrF2/c1-7(6-11)4-8-5-9(12)2-3-10(8)13/h2-3,5,7H,4,6H2,1H3. The molecule has 0 saturated heterocycles. The first-order chi connectivity index (χ1) is 6.13. The van der Waals surface area contributed by atoms with E-state index in [1.165, 1.54) is 12.1 Å². The van der Waals surface area contributed by atoms with Gasteiger partial charge in [-0.05, 0) is 36.1 Å². The maximum atomic E-state index is 13.1. The monoisotopic (exact) mass is 248 g/mol. The molecule has 1 atom stereocenters. The molecule has 0 nitrogen and oxygen atoms in total. The van der Waals surface area contributed by atoms with E-state index in [4.69, 9.17) is 0 Å². The molecule has 1 unspecified atom stereocenters. The van der Waals surface area contributed by atoms with Crippen LogP contribution >= 0.6 is 15.9 Å². The van der Waals surface area contributed by atoms with Gasteiger partial charge in [-0.3, -0.25) is 0 Å². The van der Waals surface area contributed by atoms with Gasteiger partial charge in [-0.15, -0.1) is 0 Å². The first-order valence-corrected chi connectivity index (χ1v) is 5.25. The molecule has 3 heteroatoms. The van der Waals surface area contributed by atoms with Gasteiger partial charge in [-0.2, -0.15) is 0 Å². The average molecular weight is 249 g/mol. The molecule has 0 bridgehead atoms. The molecule has 0 fully saturated rings. The Morgan fingerprint density at radius 3 is 2.69 bits per heavy atom. The fourth-order valence-electron chi connectivity index (χ4n) is 1.13. The van der Waals surface area contributed by atoms with Crippen molar-refractivity contribution in [2.45, 2.75) is 13.3 Å². The molecule has 0 aliphatic carbocycles. The van der Waals surface area contributed by atoms with Gasteiger partial charge >= 0.3 is 0 Å². The molecule has 1 aromatic carbocycles. The Hall–Kier alpha value is -0.440. The highest BCUT2D eigenvalue weighted by Crippen LogP contribution is 2.15. The van der Waals surface area contributed by atoms with Crippen LogP contribution in [0.3, 0.4) is 0 Å². The molecular formula is C10H11BrF2. The highest BCUT2D eigenvalue weighted by molar-refractivity contribution is 9.09. The topological polar surface area (TPSA) is 0 Å². The summed E-state index contributed by atoms with van der Waals surface area (Å²) in [6.07, 6.45) is 0.564. The summed E-state index contributed by atoms with van der Waals surface area (Å²) in [6.45, 7) is 1.99. The van der Waals surface area contributed by atoms with Crippen molar-refractivity contribution in [3.63, 3.8) is 0 Å². The van der Waals surface area contributed by atoms with E-state index in [9.17, 15) is 8.78 Å². The van der Waals surface area contributed by atoms with Gasteiger partial charge in [0.25, 0.3) is 0 Å². The van der Waals surface area contributed by atoms with Crippen molar-refractivity contribution in [3.05, 3.63) is 35.4 Å². The maximum Gasteiger partial charge on any atom is 0.126 e. The number of alkyl halides is 1. The van der Waals surface area contributed by atoms with Gasteiger partial charge in [0, 0.05) is 5.33 Å². The number of halogens is 3. The summed E-state index contributed by atoms with van der Waals surface area (Å²) in [5.41, 5.74) is 0.451. The van der Waals surface area contributed by atoms with E-state index in [1.54, 1.807) is 0 Å². The molecule has 0 saturated carbocycles. The minimum Gasteiger partial charge on any atom is -0.207 e. The van der Waals surface area contributed by atoms with Crippen LogP contribution < -0.4 is 0 Å².